The molecule has 0 amide bonds. The summed E-state index contributed by atoms with van der Waals surface area (Å²) in [4.78, 5) is 8.37. The molecule has 0 aliphatic carbocycles. The van der Waals surface area contributed by atoms with E-state index in [2.05, 4.69) is 31.2 Å². The summed E-state index contributed by atoms with van der Waals surface area (Å²) in [6, 6.07) is 5.68. The highest BCUT2D eigenvalue weighted by atomic mass is 79.9. The summed E-state index contributed by atoms with van der Waals surface area (Å²) >= 11 is 9.20. The minimum absolute atomic E-state index is 0.597. The predicted octanol–water partition coefficient (Wildman–Crippen LogP) is 3.94. The van der Waals surface area contributed by atoms with Gasteiger partial charge in [-0.2, -0.15) is 0 Å². The van der Waals surface area contributed by atoms with Gasteiger partial charge in [-0.1, -0.05) is 11.6 Å². The van der Waals surface area contributed by atoms with Crippen molar-refractivity contribution >= 4 is 39.0 Å². The molecule has 0 aromatic carbocycles. The molecule has 82 valence electrons. The summed E-state index contributed by atoms with van der Waals surface area (Å²) in [6.07, 6.45) is 3.36. The minimum atomic E-state index is 0.597. The van der Waals surface area contributed by atoms with Crippen LogP contribution < -0.4 is 5.32 Å². The van der Waals surface area contributed by atoms with Crippen molar-refractivity contribution in [2.24, 2.45) is 0 Å². The van der Waals surface area contributed by atoms with Crippen LogP contribution in [0.1, 0.15) is 5.69 Å². The molecule has 2 heterocycles. The molecule has 0 bridgehead atoms. The summed E-state index contributed by atoms with van der Waals surface area (Å²) in [5, 5.41) is 3.74. The number of halogens is 2. The monoisotopic (exact) mass is 297 g/mol. The van der Waals surface area contributed by atoms with Gasteiger partial charge in [0, 0.05) is 11.9 Å². The van der Waals surface area contributed by atoms with Crippen LogP contribution in [-0.2, 0) is 0 Å². The SMILES string of the molecule is Cc1ccc(Nc2ncc(Cl)cc2Br)cn1. The number of nitrogens with one attached hydrogen (secondary N) is 1. The molecular weight excluding hydrogens is 289 g/mol. The number of nitrogens with zero attached hydrogens (tertiary/aromatic N) is 2. The normalized spacial score (nSPS) is 10.2. The predicted molar refractivity (Wildman–Crippen MR) is 69.2 cm³/mol. The van der Waals surface area contributed by atoms with Crippen molar-refractivity contribution in [1.29, 1.82) is 0 Å². The molecule has 2 aromatic rings. The van der Waals surface area contributed by atoms with E-state index in [1.54, 1.807) is 18.5 Å². The standard InChI is InChI=1S/C11H9BrClN3/c1-7-2-3-9(6-14-7)16-11-10(12)4-8(13)5-15-11/h2-6H,1H3,(H,15,16). The molecule has 3 nitrogen and oxygen atoms in total. The van der Waals surface area contributed by atoms with Crippen molar-refractivity contribution in [3.05, 3.63) is 45.8 Å². The quantitative estimate of drug-likeness (QED) is 0.912. The van der Waals surface area contributed by atoms with Gasteiger partial charge >= 0.3 is 0 Å². The maximum absolute atomic E-state index is 5.81. The van der Waals surface area contributed by atoms with Crippen molar-refractivity contribution in [2.75, 3.05) is 5.32 Å². The van der Waals surface area contributed by atoms with E-state index in [0.717, 1.165) is 21.7 Å². The van der Waals surface area contributed by atoms with Gasteiger partial charge in [-0.15, -0.1) is 0 Å². The number of hydrogen-bond donors (Lipinski definition) is 1. The zero-order chi connectivity index (χ0) is 11.5. The molecule has 1 N–H and O–H groups in total. The lowest BCUT2D eigenvalue weighted by molar-refractivity contribution is 1.19. The molecule has 0 fully saturated rings. The number of aromatic nitrogens is 2. The van der Waals surface area contributed by atoms with Gasteiger partial charge in [0.1, 0.15) is 5.82 Å². The average Bonchev–Trinajstić information content (AvgIpc) is 2.25. The van der Waals surface area contributed by atoms with Gasteiger partial charge in [-0.3, -0.25) is 4.98 Å². The van der Waals surface area contributed by atoms with Crippen LogP contribution >= 0.6 is 27.5 Å². The molecule has 2 rings (SSSR count). The Balaban J connectivity index is 2.23. The molecule has 0 aliphatic rings. The van der Waals surface area contributed by atoms with Crippen LogP contribution in [0.15, 0.2) is 35.1 Å². The molecule has 0 unspecified atom stereocenters. The Morgan fingerprint density at radius 1 is 1.25 bits per heavy atom. The first-order valence-electron chi connectivity index (χ1n) is 4.66. The van der Waals surface area contributed by atoms with Crippen LogP contribution in [0.25, 0.3) is 0 Å². The van der Waals surface area contributed by atoms with E-state index in [4.69, 9.17) is 11.6 Å². The Morgan fingerprint density at radius 2 is 2.06 bits per heavy atom. The molecule has 0 atom stereocenters. The average molecular weight is 299 g/mol. The first-order chi connectivity index (χ1) is 7.65. The number of anilines is 2. The highest BCUT2D eigenvalue weighted by Crippen LogP contribution is 2.25. The molecule has 0 aliphatic heterocycles. The Morgan fingerprint density at radius 3 is 2.69 bits per heavy atom. The number of hydrogen-bond acceptors (Lipinski definition) is 3. The third kappa shape index (κ3) is 2.71. The molecule has 0 saturated carbocycles. The second-order valence-corrected chi connectivity index (χ2v) is 4.59. The lowest BCUT2D eigenvalue weighted by atomic mass is 10.3. The van der Waals surface area contributed by atoms with Crippen molar-refractivity contribution in [1.82, 2.24) is 9.97 Å². The second-order valence-electron chi connectivity index (χ2n) is 3.30. The minimum Gasteiger partial charge on any atom is -0.338 e. The van der Waals surface area contributed by atoms with Crippen LogP contribution in [-0.4, -0.2) is 9.97 Å². The van der Waals surface area contributed by atoms with Crippen LogP contribution in [0.2, 0.25) is 5.02 Å². The molecule has 0 saturated heterocycles. The third-order valence-electron chi connectivity index (χ3n) is 1.98. The summed E-state index contributed by atoms with van der Waals surface area (Å²) < 4.78 is 0.820. The highest BCUT2D eigenvalue weighted by molar-refractivity contribution is 9.10. The third-order valence-corrected chi connectivity index (χ3v) is 2.79. The van der Waals surface area contributed by atoms with Crippen molar-refractivity contribution in [2.45, 2.75) is 6.92 Å². The van der Waals surface area contributed by atoms with Crippen molar-refractivity contribution in [3.8, 4) is 0 Å². The second kappa shape index (κ2) is 4.80. The summed E-state index contributed by atoms with van der Waals surface area (Å²) in [5.41, 5.74) is 1.87. The fraction of sp³-hybridized carbons (Fsp3) is 0.0909. The van der Waals surface area contributed by atoms with Crippen LogP contribution in [0.4, 0.5) is 11.5 Å². The zero-order valence-electron chi connectivity index (χ0n) is 8.54. The number of pyridine rings is 2. The van der Waals surface area contributed by atoms with Crippen LogP contribution in [0, 0.1) is 6.92 Å². The first kappa shape index (κ1) is 11.4. The summed E-state index contributed by atoms with van der Waals surface area (Å²) in [5.74, 6) is 0.718. The van der Waals surface area contributed by atoms with E-state index in [1.165, 1.54) is 0 Å². The van der Waals surface area contributed by atoms with Crippen LogP contribution in [0.3, 0.4) is 0 Å². The fourth-order valence-electron chi connectivity index (χ4n) is 1.19. The van der Waals surface area contributed by atoms with E-state index in [0.29, 0.717) is 5.02 Å². The van der Waals surface area contributed by atoms with E-state index >= 15 is 0 Å². The zero-order valence-corrected chi connectivity index (χ0v) is 10.9. The van der Waals surface area contributed by atoms with Gasteiger partial charge in [0.2, 0.25) is 0 Å². The molecule has 0 spiro atoms. The maximum Gasteiger partial charge on any atom is 0.144 e. The lowest BCUT2D eigenvalue weighted by Gasteiger charge is -2.07. The summed E-state index contributed by atoms with van der Waals surface area (Å²) in [6.45, 7) is 1.94. The van der Waals surface area contributed by atoms with Gasteiger partial charge in [-0.05, 0) is 41.1 Å². The number of aryl methyl sites for hydroxylation is 1. The largest absolute Gasteiger partial charge is 0.338 e. The molecule has 16 heavy (non-hydrogen) atoms. The van der Waals surface area contributed by atoms with Gasteiger partial charge < -0.3 is 5.32 Å². The Bertz CT molecular complexity index is 499. The molecular formula is C11H9BrClN3. The van der Waals surface area contributed by atoms with Crippen LogP contribution in [0.5, 0.6) is 0 Å². The fourth-order valence-corrected chi connectivity index (χ4v) is 1.92. The maximum atomic E-state index is 5.81. The summed E-state index contributed by atoms with van der Waals surface area (Å²) in [7, 11) is 0. The van der Waals surface area contributed by atoms with E-state index in [9.17, 15) is 0 Å². The van der Waals surface area contributed by atoms with Gasteiger partial charge in [0.05, 0.1) is 21.4 Å². The smallest absolute Gasteiger partial charge is 0.144 e. The van der Waals surface area contributed by atoms with Crippen molar-refractivity contribution < 1.29 is 0 Å². The highest BCUT2D eigenvalue weighted by Gasteiger charge is 2.02. The topological polar surface area (TPSA) is 37.8 Å². The Hall–Kier alpha value is -1.13. The Labute approximate surface area is 107 Å². The number of rotatable bonds is 2. The van der Waals surface area contributed by atoms with E-state index < -0.39 is 0 Å². The van der Waals surface area contributed by atoms with E-state index in [-0.39, 0.29) is 0 Å². The van der Waals surface area contributed by atoms with Gasteiger partial charge in [0.15, 0.2) is 0 Å². The first-order valence-corrected chi connectivity index (χ1v) is 5.83. The molecule has 5 heteroatoms. The lowest BCUT2D eigenvalue weighted by Crippen LogP contribution is -1.95. The Kier molecular flexibility index (Phi) is 3.41. The van der Waals surface area contributed by atoms with Gasteiger partial charge in [-0.25, -0.2) is 4.98 Å². The van der Waals surface area contributed by atoms with Crippen molar-refractivity contribution in [3.63, 3.8) is 0 Å². The van der Waals surface area contributed by atoms with E-state index in [1.807, 2.05) is 19.1 Å². The molecule has 0 radical (unpaired) electrons. The molecule has 2 aromatic heterocycles. The van der Waals surface area contributed by atoms with Gasteiger partial charge in [0.25, 0.3) is 0 Å².